The molecule has 0 heterocycles. The van der Waals surface area contributed by atoms with Gasteiger partial charge in [0.25, 0.3) is 0 Å². The molecule has 0 saturated heterocycles. The molecule has 0 radical (unpaired) electrons. The maximum atomic E-state index is 10.1. The van der Waals surface area contributed by atoms with Crippen molar-refractivity contribution in [2.45, 2.75) is 26.3 Å². The predicted octanol–water partition coefficient (Wildman–Crippen LogP) is -0.461. The zero-order valence-corrected chi connectivity index (χ0v) is 9.78. The fourth-order valence-electron chi connectivity index (χ4n) is 0.308. The van der Waals surface area contributed by atoms with E-state index in [2.05, 4.69) is 12.2 Å². The highest BCUT2D eigenvalue weighted by Gasteiger charge is 2.11. The molecule has 1 unspecified atom stereocenters. The molecule has 0 fully saturated rings. The van der Waals surface area contributed by atoms with Crippen LogP contribution in [0.5, 0.6) is 0 Å². The summed E-state index contributed by atoms with van der Waals surface area (Å²) in [6.07, 6.45) is 0.485. The van der Waals surface area contributed by atoms with E-state index in [1.165, 1.54) is 0 Å². The second-order valence-electron chi connectivity index (χ2n) is 3.03. The summed E-state index contributed by atoms with van der Waals surface area (Å²) < 4.78 is 10.1. The van der Waals surface area contributed by atoms with Crippen LogP contribution in [0.2, 0.25) is 0 Å². The highest BCUT2D eigenvalue weighted by molar-refractivity contribution is 7.51. The van der Waals surface area contributed by atoms with Crippen molar-refractivity contribution in [3.05, 3.63) is 0 Å². The van der Waals surface area contributed by atoms with E-state index >= 15 is 0 Å². The van der Waals surface area contributed by atoms with E-state index < -0.39 is 26.4 Å². The van der Waals surface area contributed by atoms with E-state index in [9.17, 15) is 9.36 Å². The molecular formula is C7H19N2O5P. The first-order valence-electron chi connectivity index (χ1n) is 4.41. The first-order chi connectivity index (χ1) is 6.69. The van der Waals surface area contributed by atoms with Gasteiger partial charge in [-0.15, -0.1) is 0 Å². The van der Waals surface area contributed by atoms with Gasteiger partial charge in [-0.25, -0.2) is 0 Å². The van der Waals surface area contributed by atoms with Crippen LogP contribution >= 0.6 is 7.60 Å². The molecule has 0 aliphatic rings. The van der Waals surface area contributed by atoms with Gasteiger partial charge in [-0.1, -0.05) is 6.92 Å². The molecule has 0 aromatic carbocycles. The van der Waals surface area contributed by atoms with Gasteiger partial charge in [-0.3, -0.25) is 14.7 Å². The third-order valence-corrected chi connectivity index (χ3v) is 1.87. The quantitative estimate of drug-likeness (QED) is 0.412. The first kappa shape index (κ1) is 17.0. The molecule has 8 heteroatoms. The second-order valence-corrected chi connectivity index (χ2v) is 4.67. The van der Waals surface area contributed by atoms with Gasteiger partial charge >= 0.3 is 13.6 Å². The topological polar surface area (TPSA) is 133 Å². The van der Waals surface area contributed by atoms with Gasteiger partial charge in [0.15, 0.2) is 0 Å². The lowest BCUT2D eigenvalue weighted by Crippen LogP contribution is -2.23. The number of carbonyl (C=O) groups is 1. The van der Waals surface area contributed by atoms with Crippen LogP contribution in [0.15, 0.2) is 0 Å². The average Bonchev–Trinajstić information content (AvgIpc) is 2.02. The first-order valence-corrected chi connectivity index (χ1v) is 6.21. The molecule has 0 aliphatic carbocycles. The van der Waals surface area contributed by atoms with Crippen LogP contribution in [-0.2, 0) is 9.36 Å². The number of aliphatic carboxylic acids is 1. The lowest BCUT2D eigenvalue weighted by Gasteiger charge is -2.02. The highest BCUT2D eigenvalue weighted by atomic mass is 31.2. The van der Waals surface area contributed by atoms with Crippen molar-refractivity contribution in [1.29, 1.82) is 0 Å². The molecule has 0 aromatic heterocycles. The Kier molecular flexibility index (Phi) is 9.96. The molecule has 0 amide bonds. The number of carboxylic acids is 1. The van der Waals surface area contributed by atoms with E-state index in [4.69, 9.17) is 20.6 Å². The van der Waals surface area contributed by atoms with E-state index in [-0.39, 0.29) is 0 Å². The summed E-state index contributed by atoms with van der Waals surface area (Å²) in [6.45, 7) is 3.63. The third kappa shape index (κ3) is 24.7. The van der Waals surface area contributed by atoms with Gasteiger partial charge in [0, 0.05) is 6.04 Å². The van der Waals surface area contributed by atoms with Crippen LogP contribution in [0, 0.1) is 0 Å². The van der Waals surface area contributed by atoms with E-state index in [1.807, 2.05) is 6.92 Å². The summed E-state index contributed by atoms with van der Waals surface area (Å²) in [4.78, 5) is 26.1. The Bertz CT molecular complexity index is 215. The van der Waals surface area contributed by atoms with Gasteiger partial charge in [-0.2, -0.15) is 0 Å². The van der Waals surface area contributed by atoms with Crippen LogP contribution in [0.3, 0.4) is 0 Å². The lowest BCUT2D eigenvalue weighted by molar-refractivity contribution is -0.135. The normalized spacial score (nSPS) is 12.6. The van der Waals surface area contributed by atoms with E-state index in [0.29, 0.717) is 6.04 Å². The molecule has 0 saturated carbocycles. The van der Waals surface area contributed by atoms with Gasteiger partial charge in [0.1, 0.15) is 0 Å². The van der Waals surface area contributed by atoms with Crippen LogP contribution in [0.4, 0.5) is 0 Å². The zero-order valence-electron chi connectivity index (χ0n) is 8.88. The molecule has 92 valence electrons. The van der Waals surface area contributed by atoms with Gasteiger partial charge in [0.05, 0.1) is 12.8 Å². The molecule has 0 spiro atoms. The second kappa shape index (κ2) is 8.82. The molecule has 7 nitrogen and oxygen atoms in total. The molecule has 0 aromatic rings. The number of hydrogen-bond donors (Lipinski definition) is 5. The highest BCUT2D eigenvalue weighted by Crippen LogP contribution is 2.31. The molecule has 0 bridgehead atoms. The largest absolute Gasteiger partial charge is 0.480 e. The molecule has 15 heavy (non-hydrogen) atoms. The molecule has 6 N–H and O–H groups in total. The average molecular weight is 242 g/mol. The van der Waals surface area contributed by atoms with Crippen LogP contribution in [-0.4, -0.2) is 39.7 Å². The van der Waals surface area contributed by atoms with Crippen molar-refractivity contribution in [2.24, 2.45) is 5.73 Å². The van der Waals surface area contributed by atoms with Crippen LogP contribution in [0.1, 0.15) is 20.3 Å². The minimum Gasteiger partial charge on any atom is -0.480 e. The standard InChI is InChI=1S/C4H11N.C3H8NO5P/c1-3-4(2)5;5-3(6)1-4-2-10(7,8)9/h4H,3,5H2,1-2H3;4H,1-2H2,(H,5,6)(H2,7,8,9). The van der Waals surface area contributed by atoms with Crippen LogP contribution < -0.4 is 11.1 Å². The minimum atomic E-state index is -4.10. The Morgan fingerprint density at radius 2 is 1.93 bits per heavy atom. The Morgan fingerprint density at radius 3 is 2.13 bits per heavy atom. The minimum absolute atomic E-state index is 0.384. The van der Waals surface area contributed by atoms with Crippen molar-refractivity contribution in [2.75, 3.05) is 12.8 Å². The van der Waals surface area contributed by atoms with Crippen molar-refractivity contribution >= 4 is 13.6 Å². The Hall–Kier alpha value is -0.460. The fraction of sp³-hybridized carbons (Fsp3) is 0.857. The maximum absolute atomic E-state index is 10.1. The zero-order chi connectivity index (χ0) is 12.5. The number of rotatable bonds is 5. The van der Waals surface area contributed by atoms with Crippen molar-refractivity contribution in [3.8, 4) is 0 Å². The lowest BCUT2D eigenvalue weighted by atomic mass is 10.3. The van der Waals surface area contributed by atoms with Crippen molar-refractivity contribution in [1.82, 2.24) is 5.32 Å². The van der Waals surface area contributed by atoms with E-state index in [0.717, 1.165) is 6.42 Å². The third-order valence-electron chi connectivity index (χ3n) is 1.24. The smallest absolute Gasteiger partial charge is 0.339 e. The monoisotopic (exact) mass is 242 g/mol. The Morgan fingerprint density at radius 1 is 1.53 bits per heavy atom. The van der Waals surface area contributed by atoms with Gasteiger partial charge in [0.2, 0.25) is 0 Å². The summed E-state index contributed by atoms with van der Waals surface area (Å²) in [7, 11) is -4.10. The molecule has 0 rings (SSSR count). The predicted molar refractivity (Wildman–Crippen MR) is 56.5 cm³/mol. The number of hydrogen-bond acceptors (Lipinski definition) is 4. The van der Waals surface area contributed by atoms with Crippen molar-refractivity contribution in [3.63, 3.8) is 0 Å². The number of carboxylic acid groups (broad SMARTS) is 1. The number of nitrogens with two attached hydrogens (primary N) is 1. The Balaban J connectivity index is 0. The maximum Gasteiger partial charge on any atom is 0.339 e. The van der Waals surface area contributed by atoms with Crippen molar-refractivity contribution < 1.29 is 24.3 Å². The summed E-state index contributed by atoms with van der Waals surface area (Å²) in [5, 5.41) is 10.1. The molecule has 0 aliphatic heterocycles. The van der Waals surface area contributed by atoms with E-state index in [1.54, 1.807) is 0 Å². The fourth-order valence-corrected chi connectivity index (χ4v) is 0.712. The van der Waals surface area contributed by atoms with Gasteiger partial charge < -0.3 is 20.6 Å². The summed E-state index contributed by atoms with van der Waals surface area (Å²) in [6, 6.07) is 0.384. The SMILES string of the molecule is CCC(C)N.O=C(O)CNCP(=O)(O)O. The van der Waals surface area contributed by atoms with Gasteiger partial charge in [-0.05, 0) is 13.3 Å². The Labute approximate surface area is 88.8 Å². The number of nitrogens with one attached hydrogen (secondary N) is 1. The summed E-state index contributed by atoms with van der Waals surface area (Å²) in [5.41, 5.74) is 5.29. The summed E-state index contributed by atoms with van der Waals surface area (Å²) in [5.74, 6) is -1.14. The van der Waals surface area contributed by atoms with Crippen LogP contribution in [0.25, 0.3) is 0 Å². The molecule has 1 atom stereocenters. The summed E-state index contributed by atoms with van der Waals surface area (Å²) >= 11 is 0. The molecular weight excluding hydrogens is 223 g/mol.